The number of nitrogens with zero attached hydrogens (tertiary/aromatic N) is 6. The van der Waals surface area contributed by atoms with E-state index in [1.165, 1.54) is 12.8 Å². The van der Waals surface area contributed by atoms with E-state index in [1.807, 2.05) is 26.1 Å². The van der Waals surface area contributed by atoms with Crippen LogP contribution in [0, 0.1) is 24.7 Å². The minimum Gasteiger partial charge on any atom is -0.491 e. The molecule has 0 spiro atoms. The van der Waals surface area contributed by atoms with E-state index in [-0.39, 0.29) is 11.8 Å². The molecule has 3 aromatic heterocycles. The number of pyridine rings is 1. The molecule has 2 N–H and O–H groups in total. The highest BCUT2D eigenvalue weighted by Gasteiger charge is 2.37. The maximum absolute atomic E-state index is 11.2. The molecule has 2 aliphatic carbocycles. The zero-order valence-corrected chi connectivity index (χ0v) is 18.7. The lowest BCUT2D eigenvalue weighted by molar-refractivity contribution is -0.148. The van der Waals surface area contributed by atoms with E-state index in [4.69, 9.17) is 9.26 Å². The lowest BCUT2D eigenvalue weighted by atomic mass is 9.74. The molecule has 0 radical (unpaired) electrons. The summed E-state index contributed by atoms with van der Waals surface area (Å²) >= 11 is 0. The summed E-state index contributed by atoms with van der Waals surface area (Å²) in [6, 6.07) is 3.69. The number of carbonyl (C=O) groups is 1. The van der Waals surface area contributed by atoms with Gasteiger partial charge in [-0.1, -0.05) is 5.21 Å². The number of ether oxygens (including phenoxy) is 1. The van der Waals surface area contributed by atoms with Gasteiger partial charge in [-0.3, -0.25) is 4.79 Å². The Hall–Kier alpha value is -3.50. The molecule has 2 aliphatic rings. The lowest BCUT2D eigenvalue weighted by Crippen LogP contribution is -2.36. The quantitative estimate of drug-likeness (QED) is 0.470. The normalized spacial score (nSPS) is 19.8. The van der Waals surface area contributed by atoms with E-state index < -0.39 is 5.97 Å². The number of hydrogen-bond acceptors (Lipinski definition) is 9. The molecule has 5 rings (SSSR count). The molecule has 0 amide bonds. The molecule has 0 aromatic carbocycles. The fourth-order valence-corrected chi connectivity index (χ4v) is 4.04. The first-order valence-corrected chi connectivity index (χ1v) is 11.3. The van der Waals surface area contributed by atoms with Crippen LogP contribution in [0.3, 0.4) is 0 Å². The smallest absolute Gasteiger partial charge is 0.306 e. The third-order valence-corrected chi connectivity index (χ3v) is 6.45. The van der Waals surface area contributed by atoms with E-state index in [0.717, 1.165) is 18.5 Å². The van der Waals surface area contributed by atoms with Crippen LogP contribution in [-0.2, 0) is 24.8 Å². The maximum atomic E-state index is 11.2. The molecule has 0 bridgehead atoms. The molecule has 2 saturated carbocycles. The molecule has 11 heteroatoms. The Morgan fingerprint density at radius 3 is 2.82 bits per heavy atom. The molecular weight excluding hydrogens is 426 g/mol. The topological polar surface area (TPSA) is 141 Å². The Balaban J connectivity index is 1.24. The number of aliphatic carboxylic acids is 1. The number of carboxylic acid groups (broad SMARTS) is 1. The lowest BCUT2D eigenvalue weighted by Gasteiger charge is -2.33. The summed E-state index contributed by atoms with van der Waals surface area (Å²) in [5, 5.41) is 24.8. The molecule has 2 atom stereocenters. The fraction of sp³-hybridized carbons (Fsp3) is 0.545. The number of anilines is 1. The summed E-state index contributed by atoms with van der Waals surface area (Å²) in [6.07, 6.45) is 4.89. The Morgan fingerprint density at radius 2 is 2.12 bits per heavy atom. The first-order valence-electron chi connectivity index (χ1n) is 11.3. The summed E-state index contributed by atoms with van der Waals surface area (Å²) in [5.41, 5.74) is 2.89. The highest BCUT2D eigenvalue weighted by atomic mass is 16.5. The van der Waals surface area contributed by atoms with Crippen molar-refractivity contribution in [2.45, 2.75) is 45.6 Å². The first kappa shape index (κ1) is 21.4. The van der Waals surface area contributed by atoms with Crippen LogP contribution in [0.5, 0.6) is 5.75 Å². The highest BCUT2D eigenvalue weighted by molar-refractivity contribution is 5.71. The average molecular weight is 454 g/mol. The minimum atomic E-state index is -0.746. The van der Waals surface area contributed by atoms with E-state index >= 15 is 0 Å². The van der Waals surface area contributed by atoms with Crippen LogP contribution in [-0.4, -0.2) is 47.8 Å². The second-order valence-electron chi connectivity index (χ2n) is 8.89. The molecule has 174 valence electrons. The van der Waals surface area contributed by atoms with Gasteiger partial charge >= 0.3 is 5.97 Å². The van der Waals surface area contributed by atoms with Gasteiger partial charge in [-0.25, -0.2) is 9.67 Å². The van der Waals surface area contributed by atoms with Crippen molar-refractivity contribution in [2.24, 2.45) is 24.8 Å². The summed E-state index contributed by atoms with van der Waals surface area (Å²) in [7, 11) is 1.82. The van der Waals surface area contributed by atoms with Crippen LogP contribution < -0.4 is 10.1 Å². The van der Waals surface area contributed by atoms with Crippen LogP contribution in [0.25, 0.3) is 11.4 Å². The van der Waals surface area contributed by atoms with Crippen LogP contribution in [0.2, 0.25) is 0 Å². The zero-order chi connectivity index (χ0) is 22.9. The molecule has 3 heterocycles. The van der Waals surface area contributed by atoms with E-state index in [0.29, 0.717) is 60.2 Å². The van der Waals surface area contributed by atoms with Gasteiger partial charge in [0.2, 0.25) is 5.89 Å². The van der Waals surface area contributed by atoms with Crippen molar-refractivity contribution in [3.8, 4) is 17.1 Å². The Morgan fingerprint density at radius 1 is 1.27 bits per heavy atom. The SMILES string of the molecule is Cc1nc(-c2nnn(C)c2CNc2noc(CC3CC3)n2)ccc1OC[C@H]1CC[C@@H]1C(=O)O. The monoisotopic (exact) mass is 453 g/mol. The highest BCUT2D eigenvalue weighted by Crippen LogP contribution is 2.35. The standard InChI is InChI=1S/C22H27N7O4/c1-12-18(32-11-14-5-6-15(14)21(30)31)8-7-16(24-12)20-17(29(2)28-26-20)10-23-22-25-19(33-27-22)9-13-3-4-13/h7-8,13-15H,3-6,9-11H2,1-2H3,(H,23,27)(H,30,31)/t14-,15+/m1/s1. The molecule has 3 aromatic rings. The molecule has 0 unspecified atom stereocenters. The van der Waals surface area contributed by atoms with Crippen molar-refractivity contribution < 1.29 is 19.2 Å². The number of carboxylic acids is 1. The Kier molecular flexibility index (Phi) is 5.69. The van der Waals surface area contributed by atoms with Crippen LogP contribution in [0.15, 0.2) is 16.7 Å². The van der Waals surface area contributed by atoms with Gasteiger partial charge in [0, 0.05) is 19.4 Å². The van der Waals surface area contributed by atoms with Crippen molar-refractivity contribution >= 4 is 11.9 Å². The average Bonchev–Trinajstić information content (AvgIpc) is 3.33. The van der Waals surface area contributed by atoms with E-state index in [9.17, 15) is 9.90 Å². The van der Waals surface area contributed by atoms with E-state index in [2.05, 4.69) is 30.8 Å². The van der Waals surface area contributed by atoms with Gasteiger partial charge in [-0.15, -0.1) is 5.10 Å². The van der Waals surface area contributed by atoms with E-state index in [1.54, 1.807) is 4.68 Å². The Labute approximate surface area is 190 Å². The van der Waals surface area contributed by atoms with Gasteiger partial charge in [-0.05, 0) is 55.8 Å². The van der Waals surface area contributed by atoms with Gasteiger partial charge < -0.3 is 19.7 Å². The molecule has 11 nitrogen and oxygen atoms in total. The fourth-order valence-electron chi connectivity index (χ4n) is 4.04. The van der Waals surface area contributed by atoms with Crippen LogP contribution >= 0.6 is 0 Å². The van der Waals surface area contributed by atoms with Gasteiger partial charge in [0.15, 0.2) is 0 Å². The van der Waals surface area contributed by atoms with Gasteiger partial charge in [-0.2, -0.15) is 4.98 Å². The van der Waals surface area contributed by atoms with Crippen molar-refractivity contribution in [1.82, 2.24) is 30.1 Å². The summed E-state index contributed by atoms with van der Waals surface area (Å²) in [4.78, 5) is 20.3. The number of nitrogens with one attached hydrogen (secondary N) is 1. The van der Waals surface area contributed by atoms with Crippen molar-refractivity contribution in [2.75, 3.05) is 11.9 Å². The number of hydrogen-bond donors (Lipinski definition) is 2. The number of aromatic nitrogens is 6. The zero-order valence-electron chi connectivity index (χ0n) is 18.7. The number of rotatable bonds is 10. The van der Waals surface area contributed by atoms with Crippen molar-refractivity contribution in [1.29, 1.82) is 0 Å². The molecule has 2 fully saturated rings. The molecule has 0 aliphatic heterocycles. The predicted octanol–water partition coefficient (Wildman–Crippen LogP) is 2.62. The predicted molar refractivity (Wildman–Crippen MR) is 116 cm³/mol. The molecular formula is C22H27N7O4. The van der Waals surface area contributed by atoms with Gasteiger partial charge in [0.05, 0.1) is 36.2 Å². The summed E-state index contributed by atoms with van der Waals surface area (Å²) in [6.45, 7) is 2.66. The second kappa shape index (κ2) is 8.80. The second-order valence-corrected chi connectivity index (χ2v) is 8.89. The van der Waals surface area contributed by atoms with Crippen LogP contribution in [0.1, 0.15) is 43.0 Å². The summed E-state index contributed by atoms with van der Waals surface area (Å²) < 4.78 is 12.9. The Bertz CT molecular complexity index is 1150. The van der Waals surface area contributed by atoms with Crippen molar-refractivity contribution in [3.63, 3.8) is 0 Å². The largest absolute Gasteiger partial charge is 0.491 e. The third-order valence-electron chi connectivity index (χ3n) is 6.45. The third kappa shape index (κ3) is 4.67. The van der Waals surface area contributed by atoms with Crippen LogP contribution in [0.4, 0.5) is 5.95 Å². The number of aryl methyl sites for hydroxylation is 2. The van der Waals surface area contributed by atoms with Gasteiger partial charge in [0.1, 0.15) is 11.4 Å². The summed E-state index contributed by atoms with van der Waals surface area (Å²) in [5.74, 6) is 1.43. The maximum Gasteiger partial charge on any atom is 0.306 e. The minimum absolute atomic E-state index is 0.0502. The van der Waals surface area contributed by atoms with Crippen molar-refractivity contribution in [3.05, 3.63) is 29.4 Å². The first-order chi connectivity index (χ1) is 16.0. The molecule has 33 heavy (non-hydrogen) atoms. The van der Waals surface area contributed by atoms with Gasteiger partial charge in [0.25, 0.3) is 5.95 Å². The molecule has 0 saturated heterocycles.